The maximum atomic E-state index is 8.65. The van der Waals surface area contributed by atoms with E-state index in [1.165, 1.54) is 24.3 Å². The molecule has 3 heteroatoms. The minimum absolute atomic E-state index is 0.169. The van der Waals surface area contributed by atoms with Gasteiger partial charge in [-0.15, -0.1) is 0 Å². The molecule has 0 unspecified atom stereocenters. The fourth-order valence-corrected chi connectivity index (χ4v) is 0.453. The quantitative estimate of drug-likeness (QED) is 0.493. The van der Waals surface area contributed by atoms with Gasteiger partial charge in [-0.1, -0.05) is 0 Å². The largest absolute Gasteiger partial charge is 0.508 e. The van der Waals surface area contributed by atoms with Crippen LogP contribution in [0.1, 0.15) is 6.92 Å². The first-order valence-electron chi connectivity index (χ1n) is 3.29. The van der Waals surface area contributed by atoms with Crippen LogP contribution in [0.25, 0.3) is 0 Å². The van der Waals surface area contributed by atoms with Gasteiger partial charge in [0.05, 0.1) is 0 Å². The second-order valence-corrected chi connectivity index (χ2v) is 1.83. The molecule has 1 rings (SSSR count). The third-order valence-corrected chi connectivity index (χ3v) is 0.850. The van der Waals surface area contributed by atoms with Crippen LogP contribution in [0.5, 0.6) is 11.5 Å². The van der Waals surface area contributed by atoms with E-state index in [4.69, 9.17) is 15.3 Å². The van der Waals surface area contributed by atoms with Crippen molar-refractivity contribution in [3.63, 3.8) is 0 Å². The van der Waals surface area contributed by atoms with Gasteiger partial charge in [-0.25, -0.2) is 0 Å². The number of aromatic hydroxyl groups is 2. The highest BCUT2D eigenvalue weighted by molar-refractivity contribution is 5.28. The Morgan fingerprint density at radius 3 is 1.36 bits per heavy atom. The summed E-state index contributed by atoms with van der Waals surface area (Å²) in [5.41, 5.74) is 0. The summed E-state index contributed by atoms with van der Waals surface area (Å²) < 4.78 is 0. The van der Waals surface area contributed by atoms with Crippen LogP contribution >= 0.6 is 0 Å². The van der Waals surface area contributed by atoms with Gasteiger partial charge in [-0.05, 0) is 31.2 Å². The first kappa shape index (κ1) is 9.78. The molecule has 1 aromatic rings. The minimum atomic E-state index is 0.169. The predicted molar refractivity (Wildman–Crippen MR) is 42.5 cm³/mol. The van der Waals surface area contributed by atoms with Crippen LogP contribution in [0.4, 0.5) is 0 Å². The van der Waals surface area contributed by atoms with Crippen LogP contribution in [0, 0.1) is 0 Å². The summed E-state index contributed by atoms with van der Waals surface area (Å²) in [5.74, 6) is 0.339. The van der Waals surface area contributed by atoms with E-state index in [9.17, 15) is 0 Å². The van der Waals surface area contributed by atoms with Crippen LogP contribution in [0.2, 0.25) is 0 Å². The fourth-order valence-electron chi connectivity index (χ4n) is 0.453. The molecule has 0 bridgehead atoms. The molecule has 0 amide bonds. The third kappa shape index (κ3) is 5.24. The van der Waals surface area contributed by atoms with Crippen molar-refractivity contribution in [1.29, 1.82) is 0 Å². The smallest absolute Gasteiger partial charge is 0.115 e. The molecule has 0 aliphatic heterocycles. The number of benzene rings is 1. The maximum absolute atomic E-state index is 8.65. The van der Waals surface area contributed by atoms with Gasteiger partial charge < -0.3 is 15.3 Å². The lowest BCUT2D eigenvalue weighted by Gasteiger charge is -1.88. The summed E-state index contributed by atoms with van der Waals surface area (Å²) >= 11 is 0. The van der Waals surface area contributed by atoms with Crippen LogP contribution in [0.3, 0.4) is 0 Å². The van der Waals surface area contributed by atoms with Gasteiger partial charge in [0, 0.05) is 6.61 Å². The average Bonchev–Trinajstić information content (AvgIpc) is 1.97. The third-order valence-electron chi connectivity index (χ3n) is 0.850. The van der Waals surface area contributed by atoms with Crippen molar-refractivity contribution in [2.45, 2.75) is 6.92 Å². The first-order valence-corrected chi connectivity index (χ1v) is 3.29. The topological polar surface area (TPSA) is 60.7 Å². The van der Waals surface area contributed by atoms with Crippen molar-refractivity contribution in [2.24, 2.45) is 0 Å². The van der Waals surface area contributed by atoms with Gasteiger partial charge in [0.2, 0.25) is 0 Å². The van der Waals surface area contributed by atoms with Gasteiger partial charge >= 0.3 is 0 Å². The molecule has 3 N–H and O–H groups in total. The summed E-state index contributed by atoms with van der Waals surface area (Å²) in [6, 6.07) is 5.70. The Hall–Kier alpha value is -1.22. The highest BCUT2D eigenvalue weighted by atomic mass is 16.3. The summed E-state index contributed by atoms with van der Waals surface area (Å²) in [6.45, 7) is 1.93. The number of aliphatic hydroxyl groups is 1. The van der Waals surface area contributed by atoms with Gasteiger partial charge in [0.1, 0.15) is 11.5 Å². The molecular formula is C8H12O3. The maximum Gasteiger partial charge on any atom is 0.115 e. The Labute approximate surface area is 65.5 Å². The van der Waals surface area contributed by atoms with E-state index in [1.54, 1.807) is 6.92 Å². The van der Waals surface area contributed by atoms with Crippen molar-refractivity contribution < 1.29 is 15.3 Å². The Bertz CT molecular complexity index is 160. The Balaban J connectivity index is 0.000000292. The zero-order valence-corrected chi connectivity index (χ0v) is 6.36. The fraction of sp³-hybridized carbons (Fsp3) is 0.250. The molecule has 11 heavy (non-hydrogen) atoms. The molecule has 0 saturated heterocycles. The van der Waals surface area contributed by atoms with Gasteiger partial charge in [-0.2, -0.15) is 0 Å². The second-order valence-electron chi connectivity index (χ2n) is 1.83. The normalized spacial score (nSPS) is 8.18. The molecule has 62 valence electrons. The van der Waals surface area contributed by atoms with Crippen molar-refractivity contribution in [2.75, 3.05) is 6.61 Å². The Morgan fingerprint density at radius 1 is 1.00 bits per heavy atom. The number of phenols is 2. The Morgan fingerprint density at radius 2 is 1.18 bits per heavy atom. The van der Waals surface area contributed by atoms with E-state index in [0.29, 0.717) is 0 Å². The van der Waals surface area contributed by atoms with E-state index >= 15 is 0 Å². The molecule has 0 aromatic heterocycles. The van der Waals surface area contributed by atoms with Crippen molar-refractivity contribution in [3.8, 4) is 11.5 Å². The van der Waals surface area contributed by atoms with E-state index in [-0.39, 0.29) is 18.1 Å². The van der Waals surface area contributed by atoms with Crippen LogP contribution in [0.15, 0.2) is 24.3 Å². The van der Waals surface area contributed by atoms with Crippen LogP contribution in [-0.4, -0.2) is 21.9 Å². The molecule has 3 nitrogen and oxygen atoms in total. The summed E-state index contributed by atoms with van der Waals surface area (Å²) in [4.78, 5) is 0. The van der Waals surface area contributed by atoms with Crippen LogP contribution in [-0.2, 0) is 0 Å². The number of hydrogen-bond donors (Lipinski definition) is 3. The highest BCUT2D eigenvalue weighted by Crippen LogP contribution is 2.13. The van der Waals surface area contributed by atoms with Crippen LogP contribution < -0.4 is 0 Å². The van der Waals surface area contributed by atoms with Crippen molar-refractivity contribution in [1.82, 2.24) is 0 Å². The van der Waals surface area contributed by atoms with Gasteiger partial charge in [-0.3, -0.25) is 0 Å². The molecule has 0 aliphatic carbocycles. The summed E-state index contributed by atoms with van der Waals surface area (Å²) in [7, 11) is 0. The molecule has 0 saturated carbocycles. The van der Waals surface area contributed by atoms with Gasteiger partial charge in [0.25, 0.3) is 0 Å². The molecule has 0 fully saturated rings. The lowest BCUT2D eigenvalue weighted by Crippen LogP contribution is -1.61. The zero-order valence-electron chi connectivity index (χ0n) is 6.36. The molecule has 0 atom stereocenters. The lowest BCUT2D eigenvalue weighted by molar-refractivity contribution is 0.318. The first-order chi connectivity index (χ1) is 5.20. The SMILES string of the molecule is CCO.Oc1ccc(O)cc1. The highest BCUT2D eigenvalue weighted by Gasteiger charge is 1.84. The number of rotatable bonds is 0. The lowest BCUT2D eigenvalue weighted by atomic mass is 10.3. The number of aliphatic hydroxyl groups excluding tert-OH is 1. The standard InChI is InChI=1S/C6H6O2.C2H6O/c7-5-1-2-6(8)4-3-5;1-2-3/h1-4,7-8H;3H,2H2,1H3. The van der Waals surface area contributed by atoms with E-state index in [0.717, 1.165) is 0 Å². The van der Waals surface area contributed by atoms with E-state index < -0.39 is 0 Å². The molecule has 0 aliphatic rings. The monoisotopic (exact) mass is 156 g/mol. The van der Waals surface area contributed by atoms with E-state index in [1.807, 2.05) is 0 Å². The Kier molecular flexibility index (Phi) is 4.94. The molecule has 1 aromatic carbocycles. The summed E-state index contributed by atoms with van der Waals surface area (Å²) in [5, 5.41) is 24.9. The number of hydrogen-bond acceptors (Lipinski definition) is 3. The second kappa shape index (κ2) is 5.56. The molecular weight excluding hydrogens is 144 g/mol. The van der Waals surface area contributed by atoms with Crippen molar-refractivity contribution in [3.05, 3.63) is 24.3 Å². The predicted octanol–water partition coefficient (Wildman–Crippen LogP) is 1.10. The molecule has 0 spiro atoms. The van der Waals surface area contributed by atoms with Crippen molar-refractivity contribution >= 4 is 0 Å². The van der Waals surface area contributed by atoms with E-state index in [2.05, 4.69) is 0 Å². The zero-order chi connectivity index (χ0) is 8.69. The molecule has 0 radical (unpaired) electrons. The van der Waals surface area contributed by atoms with Gasteiger partial charge in [0.15, 0.2) is 0 Å². The number of phenolic OH excluding ortho intramolecular Hbond substituents is 2. The minimum Gasteiger partial charge on any atom is -0.508 e. The average molecular weight is 156 g/mol. The molecule has 0 heterocycles. The summed E-state index contributed by atoms with van der Waals surface area (Å²) in [6.07, 6.45) is 0.